The highest BCUT2D eigenvalue weighted by Crippen LogP contribution is 2.27. The monoisotopic (exact) mass is 267 g/mol. The Bertz CT molecular complexity index is 401. The Morgan fingerprint density at radius 2 is 2.20 bits per heavy atom. The molecular weight excluding hydrogens is 254 g/mol. The zero-order valence-electron chi connectivity index (χ0n) is 8.81. The van der Waals surface area contributed by atoms with Gasteiger partial charge in [0.15, 0.2) is 0 Å². The minimum atomic E-state index is -0.141. The maximum Gasteiger partial charge on any atom is 0.121 e. The summed E-state index contributed by atoms with van der Waals surface area (Å²) in [6, 6.07) is 6.41. The Labute approximate surface area is 98.1 Å². The van der Waals surface area contributed by atoms with Crippen molar-refractivity contribution in [2.75, 3.05) is 0 Å². The number of halogens is 1. The third kappa shape index (κ3) is 1.92. The molecule has 2 N–H and O–H groups in total. The molecule has 1 aromatic carbocycles. The first-order valence-corrected chi connectivity index (χ1v) is 5.76. The van der Waals surface area contributed by atoms with Crippen molar-refractivity contribution in [3.63, 3.8) is 0 Å². The van der Waals surface area contributed by atoms with Gasteiger partial charge in [0, 0.05) is 16.1 Å². The summed E-state index contributed by atoms with van der Waals surface area (Å²) in [5.41, 5.74) is 8.36. The summed E-state index contributed by atoms with van der Waals surface area (Å²) in [4.78, 5) is 0. The zero-order chi connectivity index (χ0) is 11.0. The second-order valence-corrected chi connectivity index (χ2v) is 4.85. The first-order valence-electron chi connectivity index (χ1n) is 4.97. The Morgan fingerprint density at radius 3 is 2.87 bits per heavy atom. The lowest BCUT2D eigenvalue weighted by Crippen LogP contribution is -2.38. The van der Waals surface area contributed by atoms with Crippen LogP contribution in [0.3, 0.4) is 0 Å². The van der Waals surface area contributed by atoms with E-state index in [0.717, 1.165) is 15.6 Å². The molecule has 0 fully saturated rings. The fourth-order valence-corrected chi connectivity index (χ4v) is 2.10. The summed E-state index contributed by atoms with van der Waals surface area (Å²) < 4.78 is 1.05. The van der Waals surface area contributed by atoms with Gasteiger partial charge in [-0.2, -0.15) is 5.10 Å². The predicted molar refractivity (Wildman–Crippen MR) is 65.6 cm³/mol. The summed E-state index contributed by atoms with van der Waals surface area (Å²) in [7, 11) is 0. The lowest BCUT2D eigenvalue weighted by atomic mass is 10.0. The van der Waals surface area contributed by atoms with E-state index in [0.29, 0.717) is 6.04 Å². The van der Waals surface area contributed by atoms with E-state index in [4.69, 9.17) is 5.73 Å². The molecule has 1 atom stereocenters. The van der Waals surface area contributed by atoms with Crippen LogP contribution in [0.5, 0.6) is 0 Å². The van der Waals surface area contributed by atoms with Gasteiger partial charge < -0.3 is 5.73 Å². The molecule has 0 aromatic heterocycles. The molecule has 4 heteroatoms. The number of hydrogen-bond donors (Lipinski definition) is 1. The largest absolute Gasteiger partial charge is 0.306 e. The molecule has 0 radical (unpaired) electrons. The second kappa shape index (κ2) is 3.94. The third-order valence-electron chi connectivity index (χ3n) is 2.51. The van der Waals surface area contributed by atoms with Crippen LogP contribution >= 0.6 is 15.9 Å². The van der Waals surface area contributed by atoms with Crippen LogP contribution in [0.15, 0.2) is 27.8 Å². The van der Waals surface area contributed by atoms with Crippen LogP contribution < -0.4 is 5.73 Å². The molecule has 1 aliphatic rings. The van der Waals surface area contributed by atoms with Gasteiger partial charge in [-0.3, -0.25) is 5.01 Å². The molecule has 0 saturated carbocycles. The van der Waals surface area contributed by atoms with Crippen molar-refractivity contribution in [3.8, 4) is 0 Å². The SMILES string of the molecule is CC(C)N1N=Cc2cc(Br)ccc2C1N. The van der Waals surface area contributed by atoms with Gasteiger partial charge in [0.2, 0.25) is 0 Å². The average molecular weight is 268 g/mol. The molecule has 0 amide bonds. The minimum absolute atomic E-state index is 0.141. The van der Waals surface area contributed by atoms with Crippen LogP contribution in [0, 0.1) is 0 Å². The van der Waals surface area contributed by atoms with Gasteiger partial charge >= 0.3 is 0 Å². The Morgan fingerprint density at radius 1 is 1.47 bits per heavy atom. The van der Waals surface area contributed by atoms with E-state index in [1.54, 1.807) is 0 Å². The summed E-state index contributed by atoms with van der Waals surface area (Å²) in [6.07, 6.45) is 1.72. The smallest absolute Gasteiger partial charge is 0.121 e. The van der Waals surface area contributed by atoms with E-state index in [2.05, 4.69) is 34.9 Å². The predicted octanol–water partition coefficient (Wildman–Crippen LogP) is 2.46. The second-order valence-electron chi connectivity index (χ2n) is 3.94. The fourth-order valence-electron chi connectivity index (χ4n) is 1.72. The molecule has 1 aromatic rings. The molecule has 2 rings (SSSR count). The van der Waals surface area contributed by atoms with Crippen LogP contribution in [0.4, 0.5) is 0 Å². The molecule has 0 saturated heterocycles. The molecule has 15 heavy (non-hydrogen) atoms. The van der Waals surface area contributed by atoms with Crippen LogP contribution in [0.2, 0.25) is 0 Å². The van der Waals surface area contributed by atoms with Gasteiger partial charge in [0.25, 0.3) is 0 Å². The highest BCUT2D eigenvalue weighted by molar-refractivity contribution is 9.10. The van der Waals surface area contributed by atoms with Gasteiger partial charge in [-0.25, -0.2) is 0 Å². The fraction of sp³-hybridized carbons (Fsp3) is 0.364. The lowest BCUT2D eigenvalue weighted by Gasteiger charge is -2.33. The van der Waals surface area contributed by atoms with Crippen molar-refractivity contribution < 1.29 is 0 Å². The van der Waals surface area contributed by atoms with E-state index >= 15 is 0 Å². The number of nitrogens with two attached hydrogens (primary N) is 1. The molecular formula is C11H14BrN3. The third-order valence-corrected chi connectivity index (χ3v) is 3.00. The standard InChI is InChI=1S/C11H14BrN3/c1-7(2)15-11(13)10-4-3-9(12)5-8(10)6-14-15/h3-7,11H,13H2,1-2H3. The molecule has 80 valence electrons. The summed E-state index contributed by atoms with van der Waals surface area (Å²) in [6.45, 7) is 4.17. The first kappa shape index (κ1) is 10.6. The molecule has 3 nitrogen and oxygen atoms in total. The minimum Gasteiger partial charge on any atom is -0.306 e. The quantitative estimate of drug-likeness (QED) is 0.850. The summed E-state index contributed by atoms with van der Waals surface area (Å²) in [5, 5.41) is 6.27. The van der Waals surface area contributed by atoms with Crippen molar-refractivity contribution in [2.24, 2.45) is 10.8 Å². The maximum absolute atomic E-state index is 6.14. The van der Waals surface area contributed by atoms with Gasteiger partial charge in [-0.1, -0.05) is 22.0 Å². The van der Waals surface area contributed by atoms with Gasteiger partial charge in [-0.05, 0) is 31.5 Å². The van der Waals surface area contributed by atoms with Crippen molar-refractivity contribution in [1.29, 1.82) is 0 Å². The highest BCUT2D eigenvalue weighted by Gasteiger charge is 2.22. The molecule has 0 spiro atoms. The van der Waals surface area contributed by atoms with Crippen molar-refractivity contribution in [2.45, 2.75) is 26.1 Å². The van der Waals surface area contributed by atoms with Gasteiger partial charge in [0.1, 0.15) is 6.17 Å². The van der Waals surface area contributed by atoms with E-state index in [9.17, 15) is 0 Å². The van der Waals surface area contributed by atoms with Crippen LogP contribution in [-0.4, -0.2) is 17.3 Å². The number of benzene rings is 1. The molecule has 1 aliphatic heterocycles. The summed E-state index contributed by atoms with van der Waals surface area (Å²) >= 11 is 3.44. The van der Waals surface area contributed by atoms with Crippen molar-refractivity contribution in [1.82, 2.24) is 5.01 Å². The molecule has 1 unspecified atom stereocenters. The van der Waals surface area contributed by atoms with Crippen molar-refractivity contribution in [3.05, 3.63) is 33.8 Å². The van der Waals surface area contributed by atoms with Crippen LogP contribution in [-0.2, 0) is 0 Å². The maximum atomic E-state index is 6.14. The van der Waals surface area contributed by atoms with Gasteiger partial charge in [-0.15, -0.1) is 0 Å². The first-order chi connectivity index (χ1) is 7.09. The van der Waals surface area contributed by atoms with Crippen LogP contribution in [0.1, 0.15) is 31.1 Å². The number of nitrogens with zero attached hydrogens (tertiary/aromatic N) is 2. The van der Waals surface area contributed by atoms with E-state index < -0.39 is 0 Å². The molecule has 1 heterocycles. The normalized spacial score (nSPS) is 19.5. The lowest BCUT2D eigenvalue weighted by molar-refractivity contribution is 0.161. The van der Waals surface area contributed by atoms with E-state index in [1.165, 1.54) is 0 Å². The van der Waals surface area contributed by atoms with Crippen molar-refractivity contribution >= 4 is 22.1 Å². The Balaban J connectivity index is 2.42. The number of hydrogen-bond acceptors (Lipinski definition) is 3. The van der Waals surface area contributed by atoms with Crippen LogP contribution in [0.25, 0.3) is 0 Å². The van der Waals surface area contributed by atoms with E-state index in [1.807, 2.05) is 29.4 Å². The summed E-state index contributed by atoms with van der Waals surface area (Å²) in [5.74, 6) is 0. The average Bonchev–Trinajstić information content (AvgIpc) is 2.17. The molecule has 0 bridgehead atoms. The van der Waals surface area contributed by atoms with E-state index in [-0.39, 0.29) is 6.17 Å². The highest BCUT2D eigenvalue weighted by atomic mass is 79.9. The Kier molecular flexibility index (Phi) is 2.80. The van der Waals surface area contributed by atoms with Gasteiger partial charge in [0.05, 0.1) is 6.21 Å². The topological polar surface area (TPSA) is 41.6 Å². The number of fused-ring (bicyclic) bond motifs is 1. The number of rotatable bonds is 1. The number of hydrazone groups is 1. The Hall–Kier alpha value is -0.870. The molecule has 0 aliphatic carbocycles. The zero-order valence-corrected chi connectivity index (χ0v) is 10.4.